The molecule has 26 heavy (non-hydrogen) atoms. The molecule has 0 bridgehead atoms. The summed E-state index contributed by atoms with van der Waals surface area (Å²) in [6, 6.07) is 0.754. The van der Waals surface area contributed by atoms with Gasteiger partial charge in [0.1, 0.15) is 10.7 Å². The highest BCUT2D eigenvalue weighted by Gasteiger charge is 2.32. The standard InChI is InChI=1S/C15H14F3N3O3S2/c1-7-8(2)26-12(11(7)13(23)24-3)21-10(22)6-25-14-19-5-4-9(20-14)15(16,17)18/h4-5H,6H2,1-3H3,(H,21,22). The molecule has 0 spiro atoms. The molecule has 140 valence electrons. The summed E-state index contributed by atoms with van der Waals surface area (Å²) < 4.78 is 42.6. The highest BCUT2D eigenvalue weighted by molar-refractivity contribution is 7.99. The minimum Gasteiger partial charge on any atom is -0.465 e. The monoisotopic (exact) mass is 405 g/mol. The average molecular weight is 405 g/mol. The van der Waals surface area contributed by atoms with E-state index in [4.69, 9.17) is 4.74 Å². The number of thiophene rings is 1. The first kappa shape index (κ1) is 20.2. The van der Waals surface area contributed by atoms with Gasteiger partial charge in [0, 0.05) is 11.1 Å². The van der Waals surface area contributed by atoms with Gasteiger partial charge in [-0.1, -0.05) is 11.8 Å². The molecule has 0 fully saturated rings. The predicted octanol–water partition coefficient (Wildman–Crippen LogP) is 3.69. The van der Waals surface area contributed by atoms with Crippen LogP contribution in [0.15, 0.2) is 17.4 Å². The molecule has 2 rings (SSSR count). The van der Waals surface area contributed by atoms with Crippen LogP contribution in [0.4, 0.5) is 18.2 Å². The van der Waals surface area contributed by atoms with E-state index in [1.807, 2.05) is 0 Å². The third-order valence-electron chi connectivity index (χ3n) is 3.28. The Morgan fingerprint density at radius 3 is 2.65 bits per heavy atom. The Hall–Kier alpha value is -2.14. The van der Waals surface area contributed by atoms with Gasteiger partial charge in [0.25, 0.3) is 0 Å². The third kappa shape index (κ3) is 4.73. The smallest absolute Gasteiger partial charge is 0.433 e. The number of anilines is 1. The SMILES string of the molecule is COC(=O)c1c(NC(=O)CSc2nccc(C(F)(F)F)n2)sc(C)c1C. The quantitative estimate of drug-likeness (QED) is 0.464. The second-order valence-corrected chi connectivity index (χ2v) is 7.21. The number of carbonyl (C=O) groups excluding carboxylic acids is 2. The lowest BCUT2D eigenvalue weighted by molar-refractivity contribution is -0.141. The van der Waals surface area contributed by atoms with Crippen LogP contribution in [-0.4, -0.2) is 34.7 Å². The molecule has 2 aromatic heterocycles. The second kappa shape index (κ2) is 8.04. The number of aromatic nitrogens is 2. The maximum absolute atomic E-state index is 12.6. The van der Waals surface area contributed by atoms with Gasteiger partial charge in [0.2, 0.25) is 5.91 Å². The molecule has 0 saturated heterocycles. The Morgan fingerprint density at radius 1 is 1.35 bits per heavy atom. The summed E-state index contributed by atoms with van der Waals surface area (Å²) in [6.45, 7) is 3.53. The zero-order valence-corrected chi connectivity index (χ0v) is 15.6. The van der Waals surface area contributed by atoms with Crippen LogP contribution in [0.5, 0.6) is 0 Å². The number of nitrogens with one attached hydrogen (secondary N) is 1. The van der Waals surface area contributed by atoms with Gasteiger partial charge >= 0.3 is 12.1 Å². The van der Waals surface area contributed by atoms with Gasteiger partial charge in [-0.25, -0.2) is 14.8 Å². The van der Waals surface area contributed by atoms with E-state index < -0.39 is 23.7 Å². The molecule has 11 heteroatoms. The van der Waals surface area contributed by atoms with Crippen molar-refractivity contribution < 1.29 is 27.5 Å². The van der Waals surface area contributed by atoms with Crippen LogP contribution < -0.4 is 5.32 Å². The molecule has 1 N–H and O–H groups in total. The number of rotatable bonds is 5. The maximum atomic E-state index is 12.6. The number of amides is 1. The first-order valence-electron chi connectivity index (χ1n) is 7.14. The molecule has 0 radical (unpaired) electrons. The van der Waals surface area contributed by atoms with Crippen molar-refractivity contribution >= 4 is 40.0 Å². The minimum atomic E-state index is -4.58. The third-order valence-corrected chi connectivity index (χ3v) is 5.27. The largest absolute Gasteiger partial charge is 0.465 e. The summed E-state index contributed by atoms with van der Waals surface area (Å²) in [5, 5.41) is 2.75. The maximum Gasteiger partial charge on any atom is 0.433 e. The number of nitrogens with zero attached hydrogens (tertiary/aromatic N) is 2. The number of alkyl halides is 3. The number of ether oxygens (including phenoxy) is 1. The van der Waals surface area contributed by atoms with Gasteiger partial charge in [-0.2, -0.15) is 13.2 Å². The molecule has 0 aliphatic heterocycles. The van der Waals surface area contributed by atoms with Crippen LogP contribution in [0.1, 0.15) is 26.5 Å². The highest BCUT2D eigenvalue weighted by Crippen LogP contribution is 2.33. The predicted molar refractivity (Wildman–Crippen MR) is 91.5 cm³/mol. The lowest BCUT2D eigenvalue weighted by atomic mass is 10.1. The van der Waals surface area contributed by atoms with Crippen molar-refractivity contribution in [2.24, 2.45) is 0 Å². The molecule has 0 unspecified atom stereocenters. The zero-order valence-electron chi connectivity index (χ0n) is 13.9. The fraction of sp³-hybridized carbons (Fsp3) is 0.333. The van der Waals surface area contributed by atoms with Gasteiger partial charge in [0.15, 0.2) is 5.16 Å². The summed E-state index contributed by atoms with van der Waals surface area (Å²) in [6.07, 6.45) is -3.60. The fourth-order valence-corrected chi connectivity index (χ4v) is 3.62. The van der Waals surface area contributed by atoms with Crippen molar-refractivity contribution in [2.75, 3.05) is 18.2 Å². The van der Waals surface area contributed by atoms with E-state index in [9.17, 15) is 22.8 Å². The van der Waals surface area contributed by atoms with Crippen LogP contribution in [-0.2, 0) is 15.7 Å². The van der Waals surface area contributed by atoms with Gasteiger partial charge in [-0.15, -0.1) is 11.3 Å². The second-order valence-electron chi connectivity index (χ2n) is 5.04. The number of halogens is 3. The molecule has 0 aromatic carbocycles. The van der Waals surface area contributed by atoms with E-state index in [0.717, 1.165) is 28.9 Å². The number of carbonyl (C=O) groups is 2. The molecular weight excluding hydrogens is 391 g/mol. The van der Waals surface area contributed by atoms with Crippen LogP contribution in [0, 0.1) is 13.8 Å². The molecular formula is C15H14F3N3O3S2. The van der Waals surface area contributed by atoms with E-state index in [-0.39, 0.29) is 16.5 Å². The molecule has 2 heterocycles. The van der Waals surface area contributed by atoms with Crippen molar-refractivity contribution in [3.05, 3.63) is 34.0 Å². The van der Waals surface area contributed by atoms with Crippen molar-refractivity contribution in [1.29, 1.82) is 0 Å². The highest BCUT2D eigenvalue weighted by atomic mass is 32.2. The van der Waals surface area contributed by atoms with Crippen LogP contribution in [0.3, 0.4) is 0 Å². The van der Waals surface area contributed by atoms with Gasteiger partial charge < -0.3 is 10.1 Å². The zero-order chi connectivity index (χ0) is 19.5. The minimum absolute atomic E-state index is 0.165. The van der Waals surface area contributed by atoms with Crippen molar-refractivity contribution in [3.63, 3.8) is 0 Å². The summed E-state index contributed by atoms with van der Waals surface area (Å²) in [5.74, 6) is -1.28. The lowest BCUT2D eigenvalue weighted by Crippen LogP contribution is -2.16. The molecule has 0 aliphatic carbocycles. The molecule has 1 amide bonds. The van der Waals surface area contributed by atoms with Crippen LogP contribution >= 0.6 is 23.1 Å². The number of esters is 1. The van der Waals surface area contributed by atoms with E-state index in [0.29, 0.717) is 10.6 Å². The van der Waals surface area contributed by atoms with E-state index in [2.05, 4.69) is 15.3 Å². The molecule has 6 nitrogen and oxygen atoms in total. The average Bonchev–Trinajstić information content (AvgIpc) is 2.86. The summed E-state index contributed by atoms with van der Waals surface area (Å²) in [4.78, 5) is 31.9. The van der Waals surface area contributed by atoms with E-state index in [1.165, 1.54) is 18.4 Å². The Bertz CT molecular complexity index is 837. The summed E-state index contributed by atoms with van der Waals surface area (Å²) >= 11 is 1.98. The summed E-state index contributed by atoms with van der Waals surface area (Å²) in [7, 11) is 1.24. The lowest BCUT2D eigenvalue weighted by Gasteiger charge is -2.07. The van der Waals surface area contributed by atoms with Crippen molar-refractivity contribution in [3.8, 4) is 0 Å². The Balaban J connectivity index is 2.07. The number of hydrogen-bond acceptors (Lipinski definition) is 7. The van der Waals surface area contributed by atoms with Crippen molar-refractivity contribution in [2.45, 2.75) is 25.2 Å². The van der Waals surface area contributed by atoms with Crippen LogP contribution in [0.2, 0.25) is 0 Å². The molecule has 0 atom stereocenters. The Kier molecular flexibility index (Phi) is 6.24. The molecule has 0 aliphatic rings. The Morgan fingerprint density at radius 2 is 2.04 bits per heavy atom. The number of methoxy groups -OCH3 is 1. The normalized spacial score (nSPS) is 11.3. The first-order chi connectivity index (χ1) is 12.1. The van der Waals surface area contributed by atoms with E-state index >= 15 is 0 Å². The van der Waals surface area contributed by atoms with E-state index in [1.54, 1.807) is 13.8 Å². The summed E-state index contributed by atoms with van der Waals surface area (Å²) in [5.41, 5.74) is -0.109. The van der Waals surface area contributed by atoms with Gasteiger partial charge in [0.05, 0.1) is 18.4 Å². The van der Waals surface area contributed by atoms with Gasteiger partial charge in [-0.3, -0.25) is 4.79 Å². The van der Waals surface area contributed by atoms with Crippen LogP contribution in [0.25, 0.3) is 0 Å². The number of hydrogen-bond donors (Lipinski definition) is 1. The first-order valence-corrected chi connectivity index (χ1v) is 8.95. The molecule has 0 saturated carbocycles. The van der Waals surface area contributed by atoms with Gasteiger partial charge in [-0.05, 0) is 25.5 Å². The topological polar surface area (TPSA) is 81.2 Å². The van der Waals surface area contributed by atoms with Crippen molar-refractivity contribution in [1.82, 2.24) is 9.97 Å². The Labute approximate surface area is 155 Å². The number of aryl methyl sites for hydroxylation is 1. The number of thioether (sulfide) groups is 1. The molecule has 2 aromatic rings. The fourth-order valence-electron chi connectivity index (χ4n) is 1.92.